The second kappa shape index (κ2) is 4.83. The van der Waals surface area contributed by atoms with Crippen LogP contribution >= 0.6 is 0 Å². The molecule has 0 unspecified atom stereocenters. The van der Waals surface area contributed by atoms with Crippen LogP contribution in [0.15, 0.2) is 30.3 Å². The van der Waals surface area contributed by atoms with Crippen molar-refractivity contribution in [3.05, 3.63) is 35.9 Å². The second-order valence-corrected chi connectivity index (χ2v) is 3.52. The molecule has 0 aliphatic carbocycles. The summed E-state index contributed by atoms with van der Waals surface area (Å²) in [6.07, 6.45) is 3.86. The summed E-state index contributed by atoms with van der Waals surface area (Å²) in [6.45, 7) is 0.964. The Labute approximate surface area is 85.1 Å². The van der Waals surface area contributed by atoms with E-state index in [4.69, 9.17) is 4.74 Å². The predicted octanol–water partition coefficient (Wildman–Crippen LogP) is 2.61. The smallest absolute Gasteiger partial charge is 0.0810 e. The molecule has 1 saturated heterocycles. The molecule has 1 atom stereocenters. The number of rotatable bonds is 3. The summed E-state index contributed by atoms with van der Waals surface area (Å²) in [4.78, 5) is 0. The number of hydrogen-bond acceptors (Lipinski definition) is 1. The molecule has 2 rings (SSSR count). The third kappa shape index (κ3) is 3.24. The minimum absolute atomic E-state index is 0.550. The van der Waals surface area contributed by atoms with Crippen molar-refractivity contribution in [3.8, 4) is 11.8 Å². The van der Waals surface area contributed by atoms with E-state index in [2.05, 4.69) is 11.8 Å². The first-order chi connectivity index (χ1) is 6.95. The lowest BCUT2D eigenvalue weighted by molar-refractivity contribution is 0.393. The Balaban J connectivity index is 1.70. The van der Waals surface area contributed by atoms with E-state index >= 15 is 0 Å². The minimum atomic E-state index is 0.550. The monoisotopic (exact) mass is 186 g/mol. The Morgan fingerprint density at radius 2 is 2.07 bits per heavy atom. The van der Waals surface area contributed by atoms with Crippen LogP contribution in [0.5, 0.6) is 0 Å². The summed E-state index contributed by atoms with van der Waals surface area (Å²) in [5.41, 5.74) is 1.11. The highest BCUT2D eigenvalue weighted by molar-refractivity contribution is 5.33. The summed E-state index contributed by atoms with van der Waals surface area (Å²) in [6, 6.07) is 10.1. The lowest BCUT2D eigenvalue weighted by Gasteiger charge is -1.89. The summed E-state index contributed by atoms with van der Waals surface area (Å²) < 4.78 is 5.13. The summed E-state index contributed by atoms with van der Waals surface area (Å²) >= 11 is 0. The van der Waals surface area contributed by atoms with Crippen LogP contribution in [0.25, 0.3) is 0 Å². The molecule has 1 aliphatic rings. The average Bonchev–Trinajstić information content (AvgIpc) is 3.03. The molecule has 0 N–H and O–H groups in total. The number of ether oxygens (including phenoxy) is 1. The standard InChI is InChI=1S/C13H14O/c1-3-7-12(8-4-1)9-5-2-6-10-13-11-14-13/h1,3-4,7-8,13H,2,6,10-11H2/t13-/m0/s1. The van der Waals surface area contributed by atoms with Crippen LogP contribution in [0.3, 0.4) is 0 Å². The minimum Gasteiger partial charge on any atom is -0.373 e. The molecule has 0 amide bonds. The first-order valence-corrected chi connectivity index (χ1v) is 5.11. The molecule has 1 aliphatic heterocycles. The molecule has 14 heavy (non-hydrogen) atoms. The number of hydrogen-bond donors (Lipinski definition) is 0. The maximum Gasteiger partial charge on any atom is 0.0810 e. The Hall–Kier alpha value is -1.26. The molecule has 0 radical (unpaired) electrons. The van der Waals surface area contributed by atoms with Crippen LogP contribution in [-0.2, 0) is 4.74 Å². The average molecular weight is 186 g/mol. The van der Waals surface area contributed by atoms with Crippen LogP contribution in [0.2, 0.25) is 0 Å². The van der Waals surface area contributed by atoms with Crippen molar-refractivity contribution in [2.24, 2.45) is 0 Å². The van der Waals surface area contributed by atoms with Gasteiger partial charge in [0.05, 0.1) is 12.7 Å². The van der Waals surface area contributed by atoms with Crippen molar-refractivity contribution in [1.82, 2.24) is 0 Å². The zero-order chi connectivity index (χ0) is 9.64. The predicted molar refractivity (Wildman–Crippen MR) is 56.9 cm³/mol. The van der Waals surface area contributed by atoms with Crippen LogP contribution in [-0.4, -0.2) is 12.7 Å². The van der Waals surface area contributed by atoms with Gasteiger partial charge in [-0.3, -0.25) is 0 Å². The summed E-state index contributed by atoms with van der Waals surface area (Å²) in [7, 11) is 0. The molecule has 72 valence electrons. The van der Waals surface area contributed by atoms with Crippen molar-refractivity contribution >= 4 is 0 Å². The Kier molecular flexibility index (Phi) is 3.21. The molecule has 0 saturated carbocycles. The number of unbranched alkanes of at least 4 members (excludes halogenated alkanes) is 1. The Morgan fingerprint density at radius 1 is 1.29 bits per heavy atom. The summed E-state index contributed by atoms with van der Waals surface area (Å²) in [5.74, 6) is 6.33. The highest BCUT2D eigenvalue weighted by Crippen LogP contribution is 2.15. The first-order valence-electron chi connectivity index (χ1n) is 5.11. The fraction of sp³-hybridized carbons (Fsp3) is 0.385. The van der Waals surface area contributed by atoms with E-state index in [-0.39, 0.29) is 0 Å². The van der Waals surface area contributed by atoms with E-state index in [1.165, 1.54) is 6.42 Å². The van der Waals surface area contributed by atoms with Crippen LogP contribution in [0.1, 0.15) is 24.8 Å². The van der Waals surface area contributed by atoms with Gasteiger partial charge in [0.1, 0.15) is 0 Å². The zero-order valence-electron chi connectivity index (χ0n) is 8.20. The molecule has 1 heteroatoms. The number of epoxide rings is 1. The van der Waals surface area contributed by atoms with E-state index in [1.54, 1.807) is 0 Å². The molecule has 0 aromatic heterocycles. The van der Waals surface area contributed by atoms with E-state index in [0.29, 0.717) is 6.10 Å². The number of benzene rings is 1. The van der Waals surface area contributed by atoms with Gasteiger partial charge in [-0.2, -0.15) is 0 Å². The second-order valence-electron chi connectivity index (χ2n) is 3.52. The van der Waals surface area contributed by atoms with Crippen molar-refractivity contribution in [1.29, 1.82) is 0 Å². The highest BCUT2D eigenvalue weighted by Gasteiger charge is 2.20. The van der Waals surface area contributed by atoms with Crippen molar-refractivity contribution in [3.63, 3.8) is 0 Å². The van der Waals surface area contributed by atoms with E-state index in [1.807, 2.05) is 30.3 Å². The lowest BCUT2D eigenvalue weighted by Crippen LogP contribution is -1.83. The van der Waals surface area contributed by atoms with E-state index in [9.17, 15) is 0 Å². The third-order valence-corrected chi connectivity index (χ3v) is 2.24. The van der Waals surface area contributed by atoms with Gasteiger partial charge in [0.25, 0.3) is 0 Å². The van der Waals surface area contributed by atoms with Gasteiger partial charge in [-0.1, -0.05) is 30.0 Å². The van der Waals surface area contributed by atoms with E-state index in [0.717, 1.165) is 25.0 Å². The SMILES string of the molecule is C(#Cc1ccccc1)CCC[C@H]1CO1. The van der Waals surface area contributed by atoms with Crippen LogP contribution in [0.4, 0.5) is 0 Å². The van der Waals surface area contributed by atoms with Gasteiger partial charge in [-0.05, 0) is 25.0 Å². The van der Waals surface area contributed by atoms with E-state index < -0.39 is 0 Å². The quantitative estimate of drug-likeness (QED) is 0.401. The largest absolute Gasteiger partial charge is 0.373 e. The molecule has 1 fully saturated rings. The molecule has 1 nitrogen and oxygen atoms in total. The van der Waals surface area contributed by atoms with Gasteiger partial charge in [-0.25, -0.2) is 0 Å². The zero-order valence-corrected chi connectivity index (χ0v) is 8.20. The third-order valence-electron chi connectivity index (χ3n) is 2.24. The maximum atomic E-state index is 5.13. The van der Waals surface area contributed by atoms with Crippen molar-refractivity contribution in [2.45, 2.75) is 25.4 Å². The Morgan fingerprint density at radius 3 is 2.79 bits per heavy atom. The van der Waals surface area contributed by atoms with Gasteiger partial charge in [-0.15, -0.1) is 0 Å². The lowest BCUT2D eigenvalue weighted by atomic mass is 10.2. The fourth-order valence-electron chi connectivity index (χ4n) is 1.34. The molecule has 1 heterocycles. The van der Waals surface area contributed by atoms with Gasteiger partial charge in [0, 0.05) is 12.0 Å². The van der Waals surface area contributed by atoms with Crippen LogP contribution < -0.4 is 0 Å². The van der Waals surface area contributed by atoms with Crippen molar-refractivity contribution < 1.29 is 4.74 Å². The molecule has 0 spiro atoms. The molecule has 1 aromatic carbocycles. The first kappa shape index (κ1) is 9.30. The molecular formula is C13H14O. The molecular weight excluding hydrogens is 172 g/mol. The van der Waals surface area contributed by atoms with Gasteiger partial charge >= 0.3 is 0 Å². The van der Waals surface area contributed by atoms with Gasteiger partial charge < -0.3 is 4.74 Å². The maximum absolute atomic E-state index is 5.13. The van der Waals surface area contributed by atoms with Crippen molar-refractivity contribution in [2.75, 3.05) is 6.61 Å². The van der Waals surface area contributed by atoms with Gasteiger partial charge in [0.2, 0.25) is 0 Å². The summed E-state index contributed by atoms with van der Waals surface area (Å²) in [5, 5.41) is 0. The van der Waals surface area contributed by atoms with Crippen LogP contribution in [0, 0.1) is 11.8 Å². The highest BCUT2D eigenvalue weighted by atomic mass is 16.6. The topological polar surface area (TPSA) is 12.5 Å². The molecule has 0 bridgehead atoms. The fourth-order valence-corrected chi connectivity index (χ4v) is 1.34. The van der Waals surface area contributed by atoms with Gasteiger partial charge in [0.15, 0.2) is 0 Å². The normalized spacial score (nSPS) is 18.4. The Bertz CT molecular complexity index is 327. The molecule has 1 aromatic rings.